The highest BCUT2D eigenvalue weighted by molar-refractivity contribution is 5.82. The first-order valence-electron chi connectivity index (χ1n) is 7.87. The SMILES string of the molecule is CC(C)CCCCCCNC(=O)N1CCOCC1C(=O)O. The second-order valence-electron chi connectivity index (χ2n) is 5.95. The Morgan fingerprint density at radius 1 is 1.29 bits per heavy atom. The number of urea groups is 1. The Bertz CT molecular complexity index is 334. The first kappa shape index (κ1) is 17.8. The van der Waals surface area contributed by atoms with Gasteiger partial charge in [-0.25, -0.2) is 9.59 Å². The smallest absolute Gasteiger partial charge is 0.328 e. The van der Waals surface area contributed by atoms with Gasteiger partial charge in [-0.2, -0.15) is 0 Å². The summed E-state index contributed by atoms with van der Waals surface area (Å²) in [6, 6.07) is -1.17. The van der Waals surface area contributed by atoms with Gasteiger partial charge in [-0.05, 0) is 12.3 Å². The van der Waals surface area contributed by atoms with Gasteiger partial charge in [-0.1, -0.05) is 39.5 Å². The van der Waals surface area contributed by atoms with Crippen LogP contribution in [0.3, 0.4) is 0 Å². The van der Waals surface area contributed by atoms with Crippen molar-refractivity contribution in [2.75, 3.05) is 26.3 Å². The quantitative estimate of drug-likeness (QED) is 0.673. The third-order valence-electron chi connectivity index (χ3n) is 3.66. The fraction of sp³-hybridized carbons (Fsp3) is 0.867. The number of carboxylic acid groups (broad SMARTS) is 1. The molecule has 0 aromatic carbocycles. The van der Waals surface area contributed by atoms with Crippen LogP contribution in [0.15, 0.2) is 0 Å². The molecule has 0 aromatic rings. The van der Waals surface area contributed by atoms with Crippen LogP contribution in [0, 0.1) is 5.92 Å². The summed E-state index contributed by atoms with van der Waals surface area (Å²) in [5, 5.41) is 11.9. The molecule has 122 valence electrons. The average molecular weight is 300 g/mol. The molecule has 1 fully saturated rings. The number of carbonyl (C=O) groups excluding carboxylic acids is 1. The van der Waals surface area contributed by atoms with Crippen LogP contribution in [0.5, 0.6) is 0 Å². The molecule has 6 nitrogen and oxygen atoms in total. The van der Waals surface area contributed by atoms with E-state index in [9.17, 15) is 9.59 Å². The Labute approximate surface area is 126 Å². The zero-order chi connectivity index (χ0) is 15.7. The van der Waals surface area contributed by atoms with E-state index in [1.54, 1.807) is 0 Å². The molecule has 1 unspecified atom stereocenters. The molecule has 0 saturated carbocycles. The molecule has 2 amide bonds. The van der Waals surface area contributed by atoms with Crippen LogP contribution in [0.4, 0.5) is 4.79 Å². The third kappa shape index (κ3) is 6.80. The summed E-state index contributed by atoms with van der Waals surface area (Å²) in [4.78, 5) is 24.4. The van der Waals surface area contributed by atoms with Crippen molar-refractivity contribution >= 4 is 12.0 Å². The van der Waals surface area contributed by atoms with E-state index in [0.717, 1.165) is 18.8 Å². The number of carboxylic acids is 1. The number of carbonyl (C=O) groups is 2. The first-order chi connectivity index (χ1) is 10.0. The Balaban J connectivity index is 2.16. The van der Waals surface area contributed by atoms with Gasteiger partial charge in [0.2, 0.25) is 0 Å². The summed E-state index contributed by atoms with van der Waals surface area (Å²) in [6.07, 6.45) is 5.70. The van der Waals surface area contributed by atoms with Crippen molar-refractivity contribution in [3.8, 4) is 0 Å². The Kier molecular flexibility index (Phi) is 8.12. The summed E-state index contributed by atoms with van der Waals surface area (Å²) in [7, 11) is 0. The van der Waals surface area contributed by atoms with Crippen LogP contribution in [0.1, 0.15) is 46.0 Å². The fourth-order valence-electron chi connectivity index (χ4n) is 2.38. The minimum atomic E-state index is -1.02. The summed E-state index contributed by atoms with van der Waals surface area (Å²) in [5.74, 6) is -0.266. The van der Waals surface area contributed by atoms with E-state index in [1.807, 2.05) is 0 Å². The third-order valence-corrected chi connectivity index (χ3v) is 3.66. The number of rotatable bonds is 8. The fourth-order valence-corrected chi connectivity index (χ4v) is 2.38. The van der Waals surface area contributed by atoms with E-state index in [4.69, 9.17) is 9.84 Å². The van der Waals surface area contributed by atoms with Crippen molar-refractivity contribution in [1.82, 2.24) is 10.2 Å². The van der Waals surface area contributed by atoms with Crippen LogP contribution in [-0.2, 0) is 9.53 Å². The summed E-state index contributed by atoms with van der Waals surface area (Å²) in [5.41, 5.74) is 0. The number of unbranched alkanes of at least 4 members (excludes halogenated alkanes) is 3. The van der Waals surface area contributed by atoms with Crippen LogP contribution < -0.4 is 5.32 Å². The highest BCUT2D eigenvalue weighted by Crippen LogP contribution is 2.10. The van der Waals surface area contributed by atoms with E-state index in [-0.39, 0.29) is 12.6 Å². The second-order valence-corrected chi connectivity index (χ2v) is 5.95. The molecule has 1 rings (SSSR count). The number of ether oxygens (including phenoxy) is 1. The first-order valence-corrected chi connectivity index (χ1v) is 7.87. The minimum Gasteiger partial charge on any atom is -0.480 e. The Morgan fingerprint density at radius 2 is 2.00 bits per heavy atom. The number of aliphatic carboxylic acids is 1. The molecule has 2 N–H and O–H groups in total. The van der Waals surface area contributed by atoms with Crippen LogP contribution in [0.2, 0.25) is 0 Å². The topological polar surface area (TPSA) is 78.9 Å². The maximum Gasteiger partial charge on any atom is 0.328 e. The van der Waals surface area contributed by atoms with Gasteiger partial charge in [0, 0.05) is 13.1 Å². The van der Waals surface area contributed by atoms with E-state index >= 15 is 0 Å². The largest absolute Gasteiger partial charge is 0.480 e. The number of hydrogen-bond acceptors (Lipinski definition) is 3. The predicted octanol–water partition coefficient (Wildman–Crippen LogP) is 2.09. The molecule has 0 aliphatic carbocycles. The summed E-state index contributed by atoms with van der Waals surface area (Å²) < 4.78 is 5.11. The van der Waals surface area contributed by atoms with Crippen molar-refractivity contribution < 1.29 is 19.4 Å². The maximum atomic E-state index is 12.0. The Hall–Kier alpha value is -1.30. The van der Waals surface area contributed by atoms with Gasteiger partial charge in [-0.3, -0.25) is 0 Å². The lowest BCUT2D eigenvalue weighted by Gasteiger charge is -2.32. The lowest BCUT2D eigenvalue weighted by Crippen LogP contribution is -2.55. The molecule has 1 aliphatic heterocycles. The van der Waals surface area contributed by atoms with E-state index in [0.29, 0.717) is 19.7 Å². The van der Waals surface area contributed by atoms with Gasteiger partial charge in [0.05, 0.1) is 13.2 Å². The molecule has 1 atom stereocenters. The van der Waals surface area contributed by atoms with Crippen molar-refractivity contribution in [2.45, 2.75) is 52.0 Å². The van der Waals surface area contributed by atoms with Gasteiger partial charge in [0.1, 0.15) is 0 Å². The van der Waals surface area contributed by atoms with Crippen molar-refractivity contribution in [3.05, 3.63) is 0 Å². The minimum absolute atomic E-state index is 0.0674. The van der Waals surface area contributed by atoms with E-state index in [1.165, 1.54) is 24.2 Å². The van der Waals surface area contributed by atoms with Crippen LogP contribution in [-0.4, -0.2) is 54.4 Å². The monoisotopic (exact) mass is 300 g/mol. The molecule has 1 aliphatic rings. The zero-order valence-corrected chi connectivity index (χ0v) is 13.1. The number of hydrogen-bond donors (Lipinski definition) is 2. The molecule has 0 aromatic heterocycles. The highest BCUT2D eigenvalue weighted by atomic mass is 16.5. The van der Waals surface area contributed by atoms with Gasteiger partial charge < -0.3 is 20.1 Å². The number of amides is 2. The van der Waals surface area contributed by atoms with E-state index in [2.05, 4.69) is 19.2 Å². The summed E-state index contributed by atoms with van der Waals surface area (Å²) >= 11 is 0. The molecule has 1 heterocycles. The van der Waals surface area contributed by atoms with E-state index < -0.39 is 12.0 Å². The molecule has 21 heavy (non-hydrogen) atoms. The molecule has 0 bridgehead atoms. The van der Waals surface area contributed by atoms with Crippen LogP contribution >= 0.6 is 0 Å². The normalized spacial score (nSPS) is 18.8. The number of morpholine rings is 1. The van der Waals surface area contributed by atoms with Gasteiger partial charge in [0.25, 0.3) is 0 Å². The maximum absolute atomic E-state index is 12.0. The van der Waals surface area contributed by atoms with Crippen molar-refractivity contribution in [1.29, 1.82) is 0 Å². The van der Waals surface area contributed by atoms with Crippen molar-refractivity contribution in [2.24, 2.45) is 5.92 Å². The summed E-state index contributed by atoms with van der Waals surface area (Å²) in [6.45, 7) is 5.84. The predicted molar refractivity (Wildman–Crippen MR) is 80.3 cm³/mol. The average Bonchev–Trinajstić information content (AvgIpc) is 2.45. The molecular weight excluding hydrogens is 272 g/mol. The number of nitrogens with one attached hydrogen (secondary N) is 1. The number of nitrogens with zero attached hydrogens (tertiary/aromatic N) is 1. The molecular formula is C15H28N2O4. The van der Waals surface area contributed by atoms with Gasteiger partial charge in [-0.15, -0.1) is 0 Å². The Morgan fingerprint density at radius 3 is 2.67 bits per heavy atom. The molecule has 0 radical (unpaired) electrons. The van der Waals surface area contributed by atoms with Gasteiger partial charge in [0.15, 0.2) is 6.04 Å². The van der Waals surface area contributed by atoms with Crippen molar-refractivity contribution in [3.63, 3.8) is 0 Å². The zero-order valence-electron chi connectivity index (χ0n) is 13.1. The molecule has 6 heteroatoms. The second kappa shape index (κ2) is 9.60. The molecule has 0 spiro atoms. The lowest BCUT2D eigenvalue weighted by molar-refractivity contribution is -0.147. The van der Waals surface area contributed by atoms with Crippen LogP contribution in [0.25, 0.3) is 0 Å². The van der Waals surface area contributed by atoms with Gasteiger partial charge >= 0.3 is 12.0 Å². The lowest BCUT2D eigenvalue weighted by atomic mass is 10.0. The standard InChI is InChI=1S/C15H28N2O4/c1-12(2)7-5-3-4-6-8-16-15(20)17-9-10-21-11-13(17)14(18)19/h12-13H,3-11H2,1-2H3,(H,16,20)(H,18,19). The molecule has 1 saturated heterocycles. The highest BCUT2D eigenvalue weighted by Gasteiger charge is 2.32.